The van der Waals surface area contributed by atoms with Gasteiger partial charge in [0.2, 0.25) is 0 Å². The number of benzene rings is 2. The van der Waals surface area contributed by atoms with Gasteiger partial charge in [-0.2, -0.15) is 0 Å². The number of Topliss-reactive ketones (excluding diaryl/α,β-unsaturated/α-hetero) is 2. The molecule has 0 bridgehead atoms. The van der Waals surface area contributed by atoms with Gasteiger partial charge in [-0.25, -0.2) is 0 Å². The maximum atomic E-state index is 13.7. The zero-order valence-corrected chi connectivity index (χ0v) is 27.2. The van der Waals surface area contributed by atoms with Gasteiger partial charge < -0.3 is 24.8 Å². The van der Waals surface area contributed by atoms with Crippen molar-refractivity contribution < 1.29 is 28.6 Å². The molecule has 0 aromatic heterocycles. The second-order valence-corrected chi connectivity index (χ2v) is 13.9. The smallest absolute Gasteiger partial charge is 0.262 e. The molecule has 0 saturated carbocycles. The quantitative estimate of drug-likeness (QED) is 0.322. The molecule has 0 spiro atoms. The van der Waals surface area contributed by atoms with Gasteiger partial charge in [0.1, 0.15) is 5.75 Å². The first kappa shape index (κ1) is 30.9. The fourth-order valence-corrected chi connectivity index (χ4v) is 6.96. The molecule has 1 aliphatic heterocycles. The highest BCUT2D eigenvalue weighted by Crippen LogP contribution is 2.52. The molecule has 3 aliphatic rings. The fraction of sp³-hybridized carbons (Fsp3) is 0.441. The van der Waals surface area contributed by atoms with Crippen molar-refractivity contribution in [2.45, 2.75) is 66.2 Å². The molecular weight excluding hydrogens is 612 g/mol. The number of ketones is 2. The average molecular weight is 652 g/mol. The Labute approximate surface area is 261 Å². The number of carbonyl (C=O) groups excluding carboxylic acids is 3. The number of amides is 1. The number of carbonyl (C=O) groups is 3. The Bertz CT molecular complexity index is 1480. The second-order valence-electron chi connectivity index (χ2n) is 13.1. The maximum Gasteiger partial charge on any atom is 0.262 e. The van der Waals surface area contributed by atoms with E-state index in [-0.39, 0.29) is 34.9 Å². The molecule has 0 fully saturated rings. The first-order valence-corrected chi connectivity index (χ1v) is 15.4. The van der Waals surface area contributed by atoms with E-state index in [1.54, 1.807) is 31.4 Å². The highest BCUT2D eigenvalue weighted by atomic mass is 79.9. The molecule has 2 N–H and O–H groups in total. The lowest BCUT2D eigenvalue weighted by atomic mass is 9.64. The van der Waals surface area contributed by atoms with Crippen molar-refractivity contribution in [3.63, 3.8) is 0 Å². The average Bonchev–Trinajstić information content (AvgIpc) is 2.90. The van der Waals surface area contributed by atoms with Crippen LogP contribution in [0.5, 0.6) is 17.2 Å². The predicted molar refractivity (Wildman–Crippen MR) is 168 cm³/mol. The summed E-state index contributed by atoms with van der Waals surface area (Å²) in [6.45, 7) is 10.4. The highest BCUT2D eigenvalue weighted by Gasteiger charge is 2.46. The lowest BCUT2D eigenvalue weighted by molar-refractivity contribution is -0.119. The molecule has 0 atom stereocenters. The maximum absolute atomic E-state index is 13.7. The number of allylic oxidation sites excluding steroid dienone is 4. The van der Waals surface area contributed by atoms with Gasteiger partial charge in [0.05, 0.1) is 18.2 Å². The van der Waals surface area contributed by atoms with Crippen molar-refractivity contribution in [2.75, 3.05) is 25.6 Å². The third-order valence-electron chi connectivity index (χ3n) is 8.11. The molecule has 228 valence electrons. The fourth-order valence-electron chi connectivity index (χ4n) is 6.39. The molecule has 0 unspecified atom stereocenters. The molecule has 1 heterocycles. The molecule has 8 nitrogen and oxygen atoms in total. The number of methoxy groups -OCH3 is 1. The minimum Gasteiger partial charge on any atom is -0.497 e. The normalized spacial score (nSPS) is 19.3. The van der Waals surface area contributed by atoms with Crippen molar-refractivity contribution in [2.24, 2.45) is 10.8 Å². The van der Waals surface area contributed by atoms with Gasteiger partial charge in [-0.1, -0.05) is 27.7 Å². The summed E-state index contributed by atoms with van der Waals surface area (Å²) in [7, 11) is 1.58. The molecule has 9 heteroatoms. The van der Waals surface area contributed by atoms with Crippen LogP contribution in [0.4, 0.5) is 5.69 Å². The minimum absolute atomic E-state index is 0.0533. The topological polar surface area (TPSA) is 103 Å². The van der Waals surface area contributed by atoms with E-state index in [1.165, 1.54) is 0 Å². The van der Waals surface area contributed by atoms with E-state index >= 15 is 0 Å². The van der Waals surface area contributed by atoms with Crippen LogP contribution in [0.1, 0.15) is 71.8 Å². The molecule has 0 saturated heterocycles. The van der Waals surface area contributed by atoms with Gasteiger partial charge in [0, 0.05) is 47.0 Å². The molecular formula is C34H39BrN2O6. The van der Waals surface area contributed by atoms with Crippen molar-refractivity contribution in [1.29, 1.82) is 0 Å². The van der Waals surface area contributed by atoms with Crippen LogP contribution < -0.4 is 24.8 Å². The number of hydrogen-bond donors (Lipinski definition) is 2. The Morgan fingerprint density at radius 3 is 2.05 bits per heavy atom. The van der Waals surface area contributed by atoms with E-state index in [0.717, 1.165) is 29.8 Å². The summed E-state index contributed by atoms with van der Waals surface area (Å²) >= 11 is 3.64. The highest BCUT2D eigenvalue weighted by molar-refractivity contribution is 9.10. The molecule has 43 heavy (non-hydrogen) atoms. The Morgan fingerprint density at radius 1 is 0.930 bits per heavy atom. The Hall–Kier alpha value is -3.59. The number of hydrogen-bond acceptors (Lipinski definition) is 7. The van der Waals surface area contributed by atoms with Gasteiger partial charge in [-0.15, -0.1) is 0 Å². The van der Waals surface area contributed by atoms with Gasteiger partial charge in [0.25, 0.3) is 5.91 Å². The molecule has 0 radical (unpaired) electrons. The Balaban J connectivity index is 1.49. The summed E-state index contributed by atoms with van der Waals surface area (Å²) in [6, 6.07) is 10.7. The van der Waals surface area contributed by atoms with Crippen LogP contribution in [0.2, 0.25) is 0 Å². The van der Waals surface area contributed by atoms with Gasteiger partial charge in [-0.3, -0.25) is 14.4 Å². The summed E-state index contributed by atoms with van der Waals surface area (Å²) in [6.07, 6.45) is 2.27. The minimum atomic E-state index is -0.513. The molecule has 1 amide bonds. The number of halogens is 1. The van der Waals surface area contributed by atoms with Gasteiger partial charge >= 0.3 is 0 Å². The van der Waals surface area contributed by atoms with Crippen LogP contribution in [-0.2, 0) is 14.4 Å². The number of ether oxygens (including phenoxy) is 3. The second kappa shape index (κ2) is 11.8. The number of nitrogens with one attached hydrogen (secondary N) is 2. The standard InChI is InChI=1S/C34H39BrN2O6/c1-7-42-27-13-19(12-22(35)32(27)43-18-28(40)36-20-8-10-21(41-6)11-9-20)29-30-23(14-33(2,3)16-25(30)38)37-24-15-34(4,5)17-26(39)31(24)29/h8-13,29,37H,7,14-18H2,1-6H3,(H,36,40). The summed E-state index contributed by atoms with van der Waals surface area (Å²) in [5.41, 5.74) is 4.16. The van der Waals surface area contributed by atoms with Crippen LogP contribution >= 0.6 is 15.9 Å². The van der Waals surface area contributed by atoms with Crippen molar-refractivity contribution in [3.05, 3.63) is 69.0 Å². The van der Waals surface area contributed by atoms with Crippen LogP contribution in [0.15, 0.2) is 63.4 Å². The van der Waals surface area contributed by atoms with E-state index in [1.807, 2.05) is 19.1 Å². The van der Waals surface area contributed by atoms with Crippen molar-refractivity contribution >= 4 is 39.1 Å². The Kier molecular flexibility index (Phi) is 8.49. The predicted octanol–water partition coefficient (Wildman–Crippen LogP) is 6.85. The zero-order chi connectivity index (χ0) is 31.1. The SMILES string of the molecule is CCOc1cc(C2C3=C(CC(C)(C)CC3=O)NC3=C2C(=O)CC(C)(C)C3)cc(Br)c1OCC(=O)Nc1ccc(OC)cc1. The largest absolute Gasteiger partial charge is 0.497 e. The van der Waals surface area contributed by atoms with E-state index in [9.17, 15) is 14.4 Å². The zero-order valence-electron chi connectivity index (χ0n) is 25.6. The summed E-state index contributed by atoms with van der Waals surface area (Å²) in [4.78, 5) is 40.1. The Morgan fingerprint density at radius 2 is 1.51 bits per heavy atom. The van der Waals surface area contributed by atoms with E-state index in [0.29, 0.717) is 58.0 Å². The lowest BCUT2D eigenvalue weighted by Crippen LogP contribution is -2.42. The molecule has 2 aromatic carbocycles. The molecule has 5 rings (SSSR count). The number of rotatable bonds is 8. The molecule has 2 aliphatic carbocycles. The first-order valence-electron chi connectivity index (χ1n) is 14.6. The summed E-state index contributed by atoms with van der Waals surface area (Å²) < 4.78 is 17.7. The van der Waals surface area contributed by atoms with Crippen LogP contribution in [0, 0.1) is 10.8 Å². The summed E-state index contributed by atoms with van der Waals surface area (Å²) in [5.74, 6) is 0.754. The van der Waals surface area contributed by atoms with E-state index in [4.69, 9.17) is 14.2 Å². The first-order chi connectivity index (χ1) is 20.3. The lowest BCUT2D eigenvalue weighted by Gasteiger charge is -2.44. The van der Waals surface area contributed by atoms with E-state index < -0.39 is 5.92 Å². The molecule has 2 aromatic rings. The van der Waals surface area contributed by atoms with E-state index in [2.05, 4.69) is 54.3 Å². The van der Waals surface area contributed by atoms with Gasteiger partial charge in [-0.05, 0) is 88.5 Å². The van der Waals surface area contributed by atoms with Crippen LogP contribution in [-0.4, -0.2) is 37.8 Å². The van der Waals surface area contributed by atoms with Crippen LogP contribution in [0.3, 0.4) is 0 Å². The monoisotopic (exact) mass is 650 g/mol. The van der Waals surface area contributed by atoms with Gasteiger partial charge in [0.15, 0.2) is 29.7 Å². The number of anilines is 1. The summed E-state index contributed by atoms with van der Waals surface area (Å²) in [5, 5.41) is 6.37. The van der Waals surface area contributed by atoms with Crippen molar-refractivity contribution in [1.82, 2.24) is 5.32 Å². The number of dihydropyridines is 1. The third-order valence-corrected chi connectivity index (χ3v) is 8.69. The van der Waals surface area contributed by atoms with Crippen LogP contribution in [0.25, 0.3) is 0 Å². The van der Waals surface area contributed by atoms with Crippen molar-refractivity contribution in [3.8, 4) is 17.2 Å². The third kappa shape index (κ3) is 6.51.